The molecule has 3 heterocycles. The predicted octanol–water partition coefficient (Wildman–Crippen LogP) is 3.67. The van der Waals surface area contributed by atoms with Crippen LogP contribution in [0.5, 0.6) is 0 Å². The van der Waals surface area contributed by atoms with Gasteiger partial charge in [0.2, 0.25) is 0 Å². The minimum atomic E-state index is -0.464. The zero-order valence-electron chi connectivity index (χ0n) is 14.7. The molecule has 0 atom stereocenters. The van der Waals surface area contributed by atoms with Gasteiger partial charge < -0.3 is 10.2 Å². The Hall–Kier alpha value is -2.48. The van der Waals surface area contributed by atoms with Gasteiger partial charge in [0, 0.05) is 31.9 Å². The molecule has 0 aromatic carbocycles. The molecule has 0 aliphatic carbocycles. The van der Waals surface area contributed by atoms with E-state index in [0.717, 1.165) is 35.8 Å². The molecule has 1 amide bonds. The van der Waals surface area contributed by atoms with Crippen molar-refractivity contribution in [3.8, 4) is 0 Å². The van der Waals surface area contributed by atoms with Crippen LogP contribution in [0.1, 0.15) is 45.8 Å². The van der Waals surface area contributed by atoms with E-state index in [0.29, 0.717) is 16.3 Å². The van der Waals surface area contributed by atoms with E-state index in [4.69, 9.17) is 0 Å². The first kappa shape index (κ1) is 18.3. The lowest BCUT2D eigenvalue weighted by molar-refractivity contribution is -0.385. The van der Waals surface area contributed by atoms with Crippen LogP contribution in [0.3, 0.4) is 0 Å². The van der Waals surface area contributed by atoms with E-state index < -0.39 is 4.92 Å². The van der Waals surface area contributed by atoms with Crippen LogP contribution in [-0.4, -0.2) is 28.9 Å². The van der Waals surface area contributed by atoms with E-state index in [1.165, 1.54) is 31.7 Å². The van der Waals surface area contributed by atoms with Crippen LogP contribution in [0.2, 0.25) is 0 Å². The van der Waals surface area contributed by atoms with Gasteiger partial charge in [-0.3, -0.25) is 14.9 Å². The van der Waals surface area contributed by atoms with Gasteiger partial charge in [-0.2, -0.15) is 0 Å². The van der Waals surface area contributed by atoms with Crippen LogP contribution in [0.15, 0.2) is 24.4 Å². The third-order valence-electron chi connectivity index (χ3n) is 4.50. The first-order valence-electron chi connectivity index (χ1n) is 8.77. The van der Waals surface area contributed by atoms with Crippen molar-refractivity contribution in [2.45, 2.75) is 39.2 Å². The number of hydrogen-bond acceptors (Lipinski definition) is 6. The van der Waals surface area contributed by atoms with E-state index in [-0.39, 0.29) is 11.6 Å². The summed E-state index contributed by atoms with van der Waals surface area (Å²) in [6, 6.07) is 5.29. The van der Waals surface area contributed by atoms with Gasteiger partial charge in [-0.1, -0.05) is 18.9 Å². The Balaban J connectivity index is 1.58. The molecule has 7 nitrogen and oxygen atoms in total. The maximum atomic E-state index is 12.2. The zero-order valence-corrected chi connectivity index (χ0v) is 15.6. The Morgan fingerprint density at radius 3 is 2.62 bits per heavy atom. The molecule has 2 aromatic heterocycles. The molecule has 1 N–H and O–H groups in total. The number of carbonyl (C=O) groups excluding carboxylic acids is 1. The minimum Gasteiger partial charge on any atom is -0.357 e. The summed E-state index contributed by atoms with van der Waals surface area (Å²) in [7, 11) is 0. The molecular weight excluding hydrogens is 352 g/mol. The number of carbonyl (C=O) groups is 1. The summed E-state index contributed by atoms with van der Waals surface area (Å²) in [5.74, 6) is 0.675. The van der Waals surface area contributed by atoms with Crippen LogP contribution in [0.25, 0.3) is 0 Å². The molecule has 2 aromatic rings. The number of nitro groups is 1. The fourth-order valence-electron chi connectivity index (χ4n) is 3.04. The number of nitrogens with zero attached hydrogens (tertiary/aromatic N) is 3. The highest BCUT2D eigenvalue weighted by Crippen LogP contribution is 2.28. The van der Waals surface area contributed by atoms with Gasteiger partial charge in [0.1, 0.15) is 5.82 Å². The zero-order chi connectivity index (χ0) is 18.5. The van der Waals surface area contributed by atoms with Crippen molar-refractivity contribution in [3.63, 3.8) is 0 Å². The highest BCUT2D eigenvalue weighted by molar-refractivity contribution is 7.14. The van der Waals surface area contributed by atoms with E-state index in [2.05, 4.69) is 15.2 Å². The molecule has 1 aliphatic heterocycles. The summed E-state index contributed by atoms with van der Waals surface area (Å²) in [6.07, 6.45) is 6.74. The largest absolute Gasteiger partial charge is 0.357 e. The van der Waals surface area contributed by atoms with Crippen LogP contribution in [0, 0.1) is 17.0 Å². The SMILES string of the molecule is Cc1sc(C(=O)NCc2ccc(N3CCCCCC3)nc2)cc1[N+](=O)[O-]. The quantitative estimate of drug-likeness (QED) is 0.637. The number of amides is 1. The Morgan fingerprint density at radius 2 is 2.04 bits per heavy atom. The van der Waals surface area contributed by atoms with Crippen molar-refractivity contribution in [2.24, 2.45) is 0 Å². The maximum absolute atomic E-state index is 12.2. The van der Waals surface area contributed by atoms with Gasteiger partial charge in [0.15, 0.2) is 0 Å². The summed E-state index contributed by atoms with van der Waals surface area (Å²) in [5.41, 5.74) is 0.892. The Morgan fingerprint density at radius 1 is 1.31 bits per heavy atom. The molecule has 0 bridgehead atoms. The number of thiophene rings is 1. The van der Waals surface area contributed by atoms with Gasteiger partial charge in [-0.05, 0) is 31.4 Å². The molecule has 1 aliphatic rings. The topological polar surface area (TPSA) is 88.4 Å². The van der Waals surface area contributed by atoms with Gasteiger partial charge in [-0.15, -0.1) is 11.3 Å². The highest BCUT2D eigenvalue weighted by atomic mass is 32.1. The van der Waals surface area contributed by atoms with Gasteiger partial charge in [0.25, 0.3) is 11.6 Å². The summed E-state index contributed by atoms with van der Waals surface area (Å²) < 4.78 is 0. The Labute approximate surface area is 156 Å². The highest BCUT2D eigenvalue weighted by Gasteiger charge is 2.19. The fourth-order valence-corrected chi connectivity index (χ4v) is 3.95. The second-order valence-corrected chi connectivity index (χ2v) is 7.67. The molecule has 26 heavy (non-hydrogen) atoms. The second-order valence-electron chi connectivity index (χ2n) is 6.42. The lowest BCUT2D eigenvalue weighted by Gasteiger charge is -2.21. The van der Waals surface area contributed by atoms with Crippen LogP contribution in [-0.2, 0) is 6.54 Å². The van der Waals surface area contributed by atoms with Crippen molar-refractivity contribution >= 4 is 28.7 Å². The predicted molar refractivity (Wildman–Crippen MR) is 102 cm³/mol. The second kappa shape index (κ2) is 8.27. The maximum Gasteiger partial charge on any atom is 0.283 e. The van der Waals surface area contributed by atoms with E-state index in [1.807, 2.05) is 12.1 Å². The molecule has 3 rings (SSSR count). The fraction of sp³-hybridized carbons (Fsp3) is 0.444. The molecule has 0 spiro atoms. The number of pyridine rings is 1. The molecular formula is C18H22N4O3S. The summed E-state index contributed by atoms with van der Waals surface area (Å²) in [5, 5.41) is 13.7. The normalized spacial score (nSPS) is 14.7. The van der Waals surface area contributed by atoms with E-state index in [9.17, 15) is 14.9 Å². The number of nitrogens with one attached hydrogen (secondary N) is 1. The van der Waals surface area contributed by atoms with Crippen molar-refractivity contribution in [1.29, 1.82) is 0 Å². The van der Waals surface area contributed by atoms with E-state index >= 15 is 0 Å². The molecule has 1 saturated heterocycles. The van der Waals surface area contributed by atoms with Gasteiger partial charge in [0.05, 0.1) is 14.7 Å². The first-order chi connectivity index (χ1) is 12.5. The summed E-state index contributed by atoms with van der Waals surface area (Å²) >= 11 is 1.13. The van der Waals surface area contributed by atoms with Crippen LogP contribution >= 0.6 is 11.3 Å². The van der Waals surface area contributed by atoms with Crippen molar-refractivity contribution in [1.82, 2.24) is 10.3 Å². The third kappa shape index (κ3) is 4.37. The van der Waals surface area contributed by atoms with Gasteiger partial charge in [-0.25, -0.2) is 4.98 Å². The Bertz CT molecular complexity index is 780. The van der Waals surface area contributed by atoms with Crippen molar-refractivity contribution in [2.75, 3.05) is 18.0 Å². The molecule has 138 valence electrons. The van der Waals surface area contributed by atoms with Crippen LogP contribution in [0.4, 0.5) is 11.5 Å². The molecule has 0 radical (unpaired) electrons. The van der Waals surface area contributed by atoms with Crippen molar-refractivity contribution in [3.05, 3.63) is 49.8 Å². The number of hydrogen-bond donors (Lipinski definition) is 1. The lowest BCUT2D eigenvalue weighted by Crippen LogP contribution is -2.25. The summed E-state index contributed by atoms with van der Waals surface area (Å²) in [4.78, 5) is 30.3. The number of aromatic nitrogens is 1. The third-order valence-corrected chi connectivity index (χ3v) is 5.54. The molecule has 1 fully saturated rings. The standard InChI is InChI=1S/C18H22N4O3S/c1-13-15(22(24)25)10-16(26-13)18(23)20-12-14-6-7-17(19-11-14)21-8-4-2-3-5-9-21/h6-7,10-11H,2-5,8-9,12H2,1H3,(H,20,23). The first-order valence-corrected chi connectivity index (χ1v) is 9.59. The Kier molecular flexibility index (Phi) is 5.82. The lowest BCUT2D eigenvalue weighted by atomic mass is 10.2. The monoisotopic (exact) mass is 374 g/mol. The molecule has 0 saturated carbocycles. The molecule has 0 unspecified atom stereocenters. The number of aryl methyl sites for hydroxylation is 1. The van der Waals surface area contributed by atoms with E-state index in [1.54, 1.807) is 13.1 Å². The smallest absolute Gasteiger partial charge is 0.283 e. The van der Waals surface area contributed by atoms with Crippen molar-refractivity contribution < 1.29 is 9.72 Å². The van der Waals surface area contributed by atoms with Crippen LogP contribution < -0.4 is 10.2 Å². The van der Waals surface area contributed by atoms with Gasteiger partial charge >= 0.3 is 0 Å². The average molecular weight is 374 g/mol. The number of anilines is 1. The number of rotatable bonds is 5. The molecule has 8 heteroatoms. The minimum absolute atomic E-state index is 0.0105. The average Bonchev–Trinajstić information content (AvgIpc) is 2.85. The summed E-state index contributed by atoms with van der Waals surface area (Å²) in [6.45, 7) is 4.07.